The lowest BCUT2D eigenvalue weighted by Gasteiger charge is -2.11. The van der Waals surface area contributed by atoms with Crippen molar-refractivity contribution in [3.05, 3.63) is 29.6 Å². The van der Waals surface area contributed by atoms with Gasteiger partial charge in [-0.3, -0.25) is 14.6 Å². The zero-order valence-electron chi connectivity index (χ0n) is 9.56. The molecule has 0 aromatic carbocycles. The van der Waals surface area contributed by atoms with Gasteiger partial charge in [-0.05, 0) is 31.9 Å². The van der Waals surface area contributed by atoms with Gasteiger partial charge in [0.2, 0.25) is 0 Å². The van der Waals surface area contributed by atoms with Crippen LogP contribution in [-0.4, -0.2) is 28.5 Å². The SMILES string of the molecule is Cc1cc(C(=O)NCC2(C(=O)O)CC2)ccn1. The van der Waals surface area contributed by atoms with Crippen LogP contribution in [0.1, 0.15) is 28.9 Å². The fraction of sp³-hybridized carbons (Fsp3) is 0.417. The van der Waals surface area contributed by atoms with Crippen molar-refractivity contribution in [2.45, 2.75) is 19.8 Å². The molecule has 0 spiro atoms. The van der Waals surface area contributed by atoms with Crippen molar-refractivity contribution in [3.63, 3.8) is 0 Å². The first-order valence-corrected chi connectivity index (χ1v) is 5.48. The highest BCUT2D eigenvalue weighted by Crippen LogP contribution is 2.45. The van der Waals surface area contributed by atoms with Crippen LogP contribution < -0.4 is 5.32 Å². The summed E-state index contributed by atoms with van der Waals surface area (Å²) in [7, 11) is 0. The Morgan fingerprint density at radius 3 is 2.76 bits per heavy atom. The van der Waals surface area contributed by atoms with E-state index in [-0.39, 0.29) is 12.5 Å². The lowest BCUT2D eigenvalue weighted by molar-refractivity contribution is -0.143. The van der Waals surface area contributed by atoms with E-state index in [4.69, 9.17) is 5.11 Å². The number of rotatable bonds is 4. The van der Waals surface area contributed by atoms with Crippen LogP contribution in [0.5, 0.6) is 0 Å². The van der Waals surface area contributed by atoms with Gasteiger partial charge in [0.15, 0.2) is 0 Å². The van der Waals surface area contributed by atoms with Crippen molar-refractivity contribution >= 4 is 11.9 Å². The van der Waals surface area contributed by atoms with Gasteiger partial charge in [-0.15, -0.1) is 0 Å². The van der Waals surface area contributed by atoms with Gasteiger partial charge in [0, 0.05) is 24.0 Å². The van der Waals surface area contributed by atoms with Gasteiger partial charge in [-0.1, -0.05) is 0 Å². The topological polar surface area (TPSA) is 79.3 Å². The summed E-state index contributed by atoms with van der Waals surface area (Å²) in [6.07, 6.45) is 2.84. The molecule has 0 bridgehead atoms. The van der Waals surface area contributed by atoms with Crippen LogP contribution in [0.25, 0.3) is 0 Å². The highest BCUT2D eigenvalue weighted by atomic mass is 16.4. The highest BCUT2D eigenvalue weighted by molar-refractivity contribution is 5.94. The lowest BCUT2D eigenvalue weighted by Crippen LogP contribution is -2.34. The third-order valence-corrected chi connectivity index (χ3v) is 3.05. The second-order valence-corrected chi connectivity index (χ2v) is 4.45. The van der Waals surface area contributed by atoms with Gasteiger partial charge in [0.1, 0.15) is 0 Å². The van der Waals surface area contributed by atoms with Crippen molar-refractivity contribution < 1.29 is 14.7 Å². The van der Waals surface area contributed by atoms with Crippen LogP contribution in [-0.2, 0) is 4.79 Å². The Kier molecular flexibility index (Phi) is 2.83. The highest BCUT2D eigenvalue weighted by Gasteiger charge is 2.50. The Balaban J connectivity index is 1.96. The van der Waals surface area contributed by atoms with Gasteiger partial charge in [-0.25, -0.2) is 0 Å². The summed E-state index contributed by atoms with van der Waals surface area (Å²) in [5.74, 6) is -1.08. The Morgan fingerprint density at radius 1 is 1.53 bits per heavy atom. The predicted octanol–water partition coefficient (Wildman–Crippen LogP) is 0.985. The number of carboxylic acid groups (broad SMARTS) is 1. The minimum Gasteiger partial charge on any atom is -0.481 e. The molecule has 1 aromatic heterocycles. The first-order chi connectivity index (χ1) is 8.03. The molecule has 90 valence electrons. The first-order valence-electron chi connectivity index (χ1n) is 5.48. The molecule has 0 radical (unpaired) electrons. The number of carbonyl (C=O) groups excluding carboxylic acids is 1. The van der Waals surface area contributed by atoms with E-state index in [0.717, 1.165) is 5.69 Å². The average Bonchev–Trinajstić information content (AvgIpc) is 3.07. The summed E-state index contributed by atoms with van der Waals surface area (Å²) < 4.78 is 0. The maximum absolute atomic E-state index is 11.8. The molecule has 0 saturated heterocycles. The quantitative estimate of drug-likeness (QED) is 0.814. The number of aliphatic carboxylic acids is 1. The number of hydrogen-bond donors (Lipinski definition) is 2. The summed E-state index contributed by atoms with van der Waals surface area (Å²) >= 11 is 0. The monoisotopic (exact) mass is 234 g/mol. The van der Waals surface area contributed by atoms with E-state index in [1.54, 1.807) is 25.3 Å². The van der Waals surface area contributed by atoms with E-state index >= 15 is 0 Å². The molecule has 1 saturated carbocycles. The summed E-state index contributed by atoms with van der Waals surface area (Å²) in [6, 6.07) is 3.29. The zero-order valence-corrected chi connectivity index (χ0v) is 9.56. The standard InChI is InChI=1S/C12H14N2O3/c1-8-6-9(2-5-13-8)10(15)14-7-12(3-4-12)11(16)17/h2,5-6H,3-4,7H2,1H3,(H,14,15)(H,16,17). The number of amides is 1. The molecule has 0 aliphatic heterocycles. The Hall–Kier alpha value is -1.91. The number of aromatic nitrogens is 1. The number of carboxylic acids is 1. The summed E-state index contributed by atoms with van der Waals surface area (Å²) in [5.41, 5.74) is 0.549. The molecule has 1 fully saturated rings. The van der Waals surface area contributed by atoms with Crippen LogP contribution in [0.3, 0.4) is 0 Å². The van der Waals surface area contributed by atoms with Crippen LogP contribution in [0.2, 0.25) is 0 Å². The van der Waals surface area contributed by atoms with Crippen LogP contribution in [0.4, 0.5) is 0 Å². The second-order valence-electron chi connectivity index (χ2n) is 4.45. The third kappa shape index (κ3) is 2.43. The molecule has 1 aromatic rings. The molecule has 0 unspecified atom stereocenters. The average molecular weight is 234 g/mol. The van der Waals surface area contributed by atoms with E-state index in [1.165, 1.54) is 0 Å². The summed E-state index contributed by atoms with van der Waals surface area (Å²) in [6.45, 7) is 2.00. The molecule has 1 heterocycles. The number of aryl methyl sites for hydroxylation is 1. The van der Waals surface area contributed by atoms with Gasteiger partial charge < -0.3 is 10.4 Å². The smallest absolute Gasteiger partial charge is 0.311 e. The minimum absolute atomic E-state index is 0.197. The van der Waals surface area contributed by atoms with Crippen LogP contribution >= 0.6 is 0 Å². The minimum atomic E-state index is -0.830. The Bertz CT molecular complexity index is 467. The van der Waals surface area contributed by atoms with E-state index in [0.29, 0.717) is 18.4 Å². The molecule has 1 aliphatic rings. The third-order valence-electron chi connectivity index (χ3n) is 3.05. The molecule has 5 nitrogen and oxygen atoms in total. The molecular formula is C12H14N2O3. The normalized spacial score (nSPS) is 16.3. The first kappa shape index (κ1) is 11.6. The van der Waals surface area contributed by atoms with E-state index in [2.05, 4.69) is 10.3 Å². The van der Waals surface area contributed by atoms with Gasteiger partial charge in [-0.2, -0.15) is 0 Å². The molecule has 5 heteroatoms. The fourth-order valence-corrected chi connectivity index (χ4v) is 1.66. The molecule has 0 atom stereocenters. The number of hydrogen-bond acceptors (Lipinski definition) is 3. The van der Waals surface area contributed by atoms with E-state index < -0.39 is 11.4 Å². The van der Waals surface area contributed by atoms with Crippen molar-refractivity contribution in [1.82, 2.24) is 10.3 Å². The molecule has 17 heavy (non-hydrogen) atoms. The van der Waals surface area contributed by atoms with Crippen molar-refractivity contribution in [1.29, 1.82) is 0 Å². The van der Waals surface area contributed by atoms with Crippen LogP contribution in [0, 0.1) is 12.3 Å². The molecular weight excluding hydrogens is 220 g/mol. The number of carbonyl (C=O) groups is 2. The van der Waals surface area contributed by atoms with Crippen molar-refractivity contribution in [2.75, 3.05) is 6.54 Å². The Morgan fingerprint density at radius 2 is 2.24 bits per heavy atom. The summed E-state index contributed by atoms with van der Waals surface area (Å²) in [5, 5.41) is 11.6. The maximum Gasteiger partial charge on any atom is 0.311 e. The van der Waals surface area contributed by atoms with E-state index in [1.807, 2.05) is 0 Å². The predicted molar refractivity (Wildman–Crippen MR) is 60.6 cm³/mol. The second kappa shape index (κ2) is 4.16. The van der Waals surface area contributed by atoms with Crippen LogP contribution in [0.15, 0.2) is 18.3 Å². The molecule has 1 aliphatic carbocycles. The van der Waals surface area contributed by atoms with Gasteiger partial charge in [0.05, 0.1) is 5.41 Å². The fourth-order valence-electron chi connectivity index (χ4n) is 1.66. The van der Waals surface area contributed by atoms with Gasteiger partial charge in [0.25, 0.3) is 5.91 Å². The van der Waals surface area contributed by atoms with E-state index in [9.17, 15) is 9.59 Å². The number of pyridine rings is 1. The largest absolute Gasteiger partial charge is 0.481 e. The number of nitrogens with one attached hydrogen (secondary N) is 1. The molecule has 2 rings (SSSR count). The Labute approximate surface area is 98.9 Å². The maximum atomic E-state index is 11.8. The van der Waals surface area contributed by atoms with Crippen molar-refractivity contribution in [2.24, 2.45) is 5.41 Å². The van der Waals surface area contributed by atoms with Crippen molar-refractivity contribution in [3.8, 4) is 0 Å². The molecule has 1 amide bonds. The molecule has 2 N–H and O–H groups in total. The summed E-state index contributed by atoms with van der Waals surface area (Å²) in [4.78, 5) is 26.7. The van der Waals surface area contributed by atoms with Gasteiger partial charge >= 0.3 is 5.97 Å². The zero-order chi connectivity index (χ0) is 12.5. The lowest BCUT2D eigenvalue weighted by atomic mass is 10.1. The number of nitrogens with zero attached hydrogens (tertiary/aromatic N) is 1.